The maximum absolute atomic E-state index is 12.5. The molecule has 0 aliphatic rings. The Morgan fingerprint density at radius 1 is 0.421 bits per heavy atom. The Hall–Kier alpha value is -2.62. The minimum Gasteiger partial charge on any atom is -0.489 e. The Bertz CT molecular complexity index is 935. The first-order chi connectivity index (χ1) is 18.7. The summed E-state index contributed by atoms with van der Waals surface area (Å²) in [6, 6.07) is 13.9. The molecule has 0 unspecified atom stereocenters. The second-order valence-electron chi connectivity index (χ2n) is 10.3. The molecule has 2 aromatic rings. The molecule has 0 heterocycles. The number of hydrogen-bond donors (Lipinski definition) is 0. The van der Waals surface area contributed by atoms with Crippen molar-refractivity contribution in [3.8, 4) is 22.6 Å². The second-order valence-corrected chi connectivity index (χ2v) is 10.3. The number of hydrogen-bond acceptors (Lipinski definition) is 4. The fraction of sp³-hybridized carbons (Fsp3) is 0.588. The lowest BCUT2D eigenvalue weighted by molar-refractivity contribution is 0.302. The lowest BCUT2D eigenvalue weighted by Gasteiger charge is -2.04. The largest absolute Gasteiger partial charge is 0.489 e. The molecule has 0 bridgehead atoms. The fourth-order valence-corrected chi connectivity index (χ4v) is 4.56. The van der Waals surface area contributed by atoms with Crippen LogP contribution < -0.4 is 20.3 Å². The van der Waals surface area contributed by atoms with Gasteiger partial charge in [-0.3, -0.25) is 9.59 Å². The van der Waals surface area contributed by atoms with E-state index < -0.39 is 0 Å². The van der Waals surface area contributed by atoms with Crippen molar-refractivity contribution in [2.45, 2.75) is 117 Å². The minimum atomic E-state index is -0.130. The van der Waals surface area contributed by atoms with Gasteiger partial charge in [-0.25, -0.2) is 0 Å². The fourth-order valence-electron chi connectivity index (χ4n) is 4.56. The average Bonchev–Trinajstić information content (AvgIpc) is 3.22. The molecule has 0 amide bonds. The van der Waals surface area contributed by atoms with Gasteiger partial charge in [-0.05, 0) is 48.2 Å². The molecule has 0 aliphatic heterocycles. The highest BCUT2D eigenvalue weighted by molar-refractivity contribution is 5.63. The third kappa shape index (κ3) is 13.3. The second kappa shape index (κ2) is 20.4. The maximum atomic E-state index is 12.5. The van der Waals surface area contributed by atoms with Gasteiger partial charge < -0.3 is 9.47 Å². The van der Waals surface area contributed by atoms with Crippen LogP contribution in [0, 0.1) is 0 Å². The summed E-state index contributed by atoms with van der Waals surface area (Å²) in [5.74, 6) is 0.747. The lowest BCUT2D eigenvalue weighted by atomic mass is 10.1. The van der Waals surface area contributed by atoms with Gasteiger partial charge in [0.2, 0.25) is 10.9 Å². The first-order valence-corrected chi connectivity index (χ1v) is 15.2. The standard InChI is InChI=1S/C34H50O4/c1-3-5-7-9-11-13-15-17-27-37-33-25-21-29(19-23-31(33)35)30-20-24-32(36)34(26-22-30)38-28-18-16-14-12-10-8-6-4-2/h19-26H,3-18,27-28H2,1-2H3. The minimum absolute atomic E-state index is 0.130. The van der Waals surface area contributed by atoms with E-state index in [-0.39, 0.29) is 10.9 Å². The van der Waals surface area contributed by atoms with Crippen LogP contribution in [0.25, 0.3) is 11.1 Å². The first-order valence-electron chi connectivity index (χ1n) is 15.2. The van der Waals surface area contributed by atoms with E-state index in [2.05, 4.69) is 13.8 Å². The molecular weight excluding hydrogens is 472 g/mol. The molecule has 0 N–H and O–H groups in total. The van der Waals surface area contributed by atoms with Crippen molar-refractivity contribution in [2.24, 2.45) is 0 Å². The summed E-state index contributed by atoms with van der Waals surface area (Å²) in [6.45, 7) is 5.59. The van der Waals surface area contributed by atoms with Crippen molar-refractivity contribution >= 4 is 0 Å². The van der Waals surface area contributed by atoms with E-state index in [1.54, 1.807) is 36.4 Å². The van der Waals surface area contributed by atoms with Crippen molar-refractivity contribution in [2.75, 3.05) is 13.2 Å². The van der Waals surface area contributed by atoms with Crippen LogP contribution in [0.4, 0.5) is 0 Å². The smallest absolute Gasteiger partial charge is 0.220 e. The van der Waals surface area contributed by atoms with Gasteiger partial charge in [0.15, 0.2) is 11.5 Å². The molecule has 4 nitrogen and oxygen atoms in total. The number of ether oxygens (including phenoxy) is 2. The van der Waals surface area contributed by atoms with Crippen molar-refractivity contribution in [1.29, 1.82) is 0 Å². The summed E-state index contributed by atoms with van der Waals surface area (Å²) in [5.41, 5.74) is 1.45. The van der Waals surface area contributed by atoms with Gasteiger partial charge >= 0.3 is 0 Å². The predicted octanol–water partition coefficient (Wildman–Crippen LogP) is 9.11. The highest BCUT2D eigenvalue weighted by atomic mass is 16.5. The monoisotopic (exact) mass is 522 g/mol. The van der Waals surface area contributed by atoms with E-state index in [4.69, 9.17) is 9.47 Å². The van der Waals surface area contributed by atoms with E-state index in [9.17, 15) is 9.59 Å². The Kier molecular flexibility index (Phi) is 16.9. The molecule has 0 spiro atoms. The Balaban J connectivity index is 1.82. The Labute approximate surface area is 230 Å². The number of rotatable bonds is 21. The van der Waals surface area contributed by atoms with Gasteiger partial charge in [-0.1, -0.05) is 128 Å². The normalized spacial score (nSPS) is 10.9. The van der Waals surface area contributed by atoms with Gasteiger partial charge in [0.25, 0.3) is 0 Å². The van der Waals surface area contributed by atoms with Crippen LogP contribution in [0.1, 0.15) is 117 Å². The lowest BCUT2D eigenvalue weighted by Crippen LogP contribution is -2.05. The molecule has 0 aliphatic carbocycles. The van der Waals surface area contributed by atoms with Crippen LogP contribution in [-0.2, 0) is 0 Å². The number of unbranched alkanes of at least 4 members (excludes halogenated alkanes) is 14. The zero-order valence-corrected chi connectivity index (χ0v) is 24.0. The molecule has 0 atom stereocenters. The molecule has 2 aromatic carbocycles. The molecule has 0 aromatic heterocycles. The van der Waals surface area contributed by atoms with Crippen LogP contribution >= 0.6 is 0 Å². The highest BCUT2D eigenvalue weighted by Crippen LogP contribution is 2.19. The molecular formula is C34H50O4. The van der Waals surface area contributed by atoms with Gasteiger partial charge in [-0.2, -0.15) is 0 Å². The molecule has 2 rings (SSSR count). The summed E-state index contributed by atoms with van der Waals surface area (Å²) in [6.07, 6.45) is 19.7. The molecule has 0 saturated carbocycles. The third-order valence-corrected chi connectivity index (χ3v) is 6.99. The van der Waals surface area contributed by atoms with Gasteiger partial charge in [0, 0.05) is 0 Å². The van der Waals surface area contributed by atoms with Crippen LogP contribution in [0.15, 0.2) is 58.1 Å². The van der Waals surface area contributed by atoms with Crippen LogP contribution in [-0.4, -0.2) is 13.2 Å². The molecule has 0 fully saturated rings. The zero-order valence-electron chi connectivity index (χ0n) is 24.0. The summed E-state index contributed by atoms with van der Waals surface area (Å²) < 4.78 is 11.6. The van der Waals surface area contributed by atoms with E-state index in [0.717, 1.165) is 36.8 Å². The summed E-state index contributed by atoms with van der Waals surface area (Å²) in [5, 5.41) is 0. The Morgan fingerprint density at radius 3 is 1.11 bits per heavy atom. The predicted molar refractivity (Wildman–Crippen MR) is 161 cm³/mol. The van der Waals surface area contributed by atoms with E-state index in [1.807, 2.05) is 12.1 Å². The molecule has 4 heteroatoms. The molecule has 38 heavy (non-hydrogen) atoms. The topological polar surface area (TPSA) is 52.6 Å². The third-order valence-electron chi connectivity index (χ3n) is 6.99. The van der Waals surface area contributed by atoms with E-state index in [1.165, 1.54) is 77.0 Å². The molecule has 0 radical (unpaired) electrons. The van der Waals surface area contributed by atoms with E-state index >= 15 is 0 Å². The molecule has 210 valence electrons. The Morgan fingerprint density at radius 2 is 0.737 bits per heavy atom. The van der Waals surface area contributed by atoms with Crippen molar-refractivity contribution < 1.29 is 9.47 Å². The van der Waals surface area contributed by atoms with Crippen LogP contribution in [0.5, 0.6) is 11.5 Å². The van der Waals surface area contributed by atoms with Gasteiger partial charge in [0.1, 0.15) is 0 Å². The van der Waals surface area contributed by atoms with Crippen LogP contribution in [0.2, 0.25) is 0 Å². The quantitative estimate of drug-likeness (QED) is 0.153. The maximum Gasteiger partial charge on any atom is 0.220 e. The van der Waals surface area contributed by atoms with Gasteiger partial charge in [0.05, 0.1) is 13.2 Å². The summed E-state index contributed by atoms with van der Waals surface area (Å²) >= 11 is 0. The first kappa shape index (κ1) is 31.6. The van der Waals surface area contributed by atoms with Crippen LogP contribution in [0.3, 0.4) is 0 Å². The average molecular weight is 523 g/mol. The summed E-state index contributed by atoms with van der Waals surface area (Å²) in [7, 11) is 0. The van der Waals surface area contributed by atoms with Gasteiger partial charge in [-0.15, -0.1) is 0 Å². The SMILES string of the molecule is CCCCCCCCCCOc1ccc(-c2ccc(OCCCCCCCCCC)c(=O)cc2)ccc1=O. The zero-order chi connectivity index (χ0) is 27.3. The molecule has 0 saturated heterocycles. The van der Waals surface area contributed by atoms with Crippen molar-refractivity contribution in [3.63, 3.8) is 0 Å². The highest BCUT2D eigenvalue weighted by Gasteiger charge is 2.04. The van der Waals surface area contributed by atoms with E-state index in [0.29, 0.717) is 24.7 Å². The summed E-state index contributed by atoms with van der Waals surface area (Å²) in [4.78, 5) is 25.0. The van der Waals surface area contributed by atoms with Crippen molar-refractivity contribution in [1.82, 2.24) is 0 Å². The van der Waals surface area contributed by atoms with Crippen molar-refractivity contribution in [3.05, 3.63) is 69.0 Å².